The second-order valence-corrected chi connectivity index (χ2v) is 9.65. The average Bonchev–Trinajstić information content (AvgIpc) is 3.07. The molecule has 5 nitrogen and oxygen atoms in total. The van der Waals surface area contributed by atoms with E-state index >= 15 is 0 Å². The van der Waals surface area contributed by atoms with Crippen LogP contribution in [0.5, 0.6) is 0 Å². The van der Waals surface area contributed by atoms with Crippen LogP contribution in [0.1, 0.15) is 47.6 Å². The Kier molecular flexibility index (Phi) is 6.27. The van der Waals surface area contributed by atoms with Crippen LogP contribution in [0.25, 0.3) is 0 Å². The van der Waals surface area contributed by atoms with Gasteiger partial charge in [-0.15, -0.1) is 0 Å². The monoisotopic (exact) mass is 500 g/mol. The van der Waals surface area contributed by atoms with Gasteiger partial charge in [-0.05, 0) is 69.5 Å². The second kappa shape index (κ2) is 8.69. The molecule has 1 saturated carbocycles. The van der Waals surface area contributed by atoms with E-state index in [1.807, 2.05) is 19.0 Å². The molecule has 1 aromatic heterocycles. The summed E-state index contributed by atoms with van der Waals surface area (Å²) in [5, 5.41) is 3.01. The number of carbonyl (C=O) groups excluding carboxylic acids is 1. The van der Waals surface area contributed by atoms with Gasteiger partial charge in [0.05, 0.1) is 29.5 Å². The summed E-state index contributed by atoms with van der Waals surface area (Å²) < 4.78 is 78.8. The second-order valence-electron chi connectivity index (χ2n) is 9.65. The fourth-order valence-electron chi connectivity index (χ4n) is 5.29. The Morgan fingerprint density at radius 1 is 1.11 bits per heavy atom. The maximum Gasteiger partial charge on any atom is 0.433 e. The number of rotatable bonds is 3. The Labute approximate surface area is 199 Å². The van der Waals surface area contributed by atoms with Crippen LogP contribution in [-0.2, 0) is 12.4 Å². The molecule has 0 bridgehead atoms. The zero-order valence-corrected chi connectivity index (χ0v) is 19.5. The Hall–Kier alpha value is -2.82. The van der Waals surface area contributed by atoms with Crippen molar-refractivity contribution >= 4 is 11.7 Å². The van der Waals surface area contributed by atoms with Gasteiger partial charge < -0.3 is 10.2 Å². The average molecular weight is 500 g/mol. The summed E-state index contributed by atoms with van der Waals surface area (Å²) in [6.07, 6.45) is -6.41. The Balaban J connectivity index is 1.58. The highest BCUT2D eigenvalue weighted by atomic mass is 19.4. The minimum atomic E-state index is -4.58. The first-order valence-electron chi connectivity index (χ1n) is 11.2. The summed E-state index contributed by atoms with van der Waals surface area (Å²) in [6.45, 7) is 1.73. The van der Waals surface area contributed by atoms with Gasteiger partial charge in [-0.3, -0.25) is 4.90 Å². The largest absolute Gasteiger partial charge is 0.433 e. The van der Waals surface area contributed by atoms with Crippen molar-refractivity contribution in [1.29, 1.82) is 0 Å². The predicted octanol–water partition coefficient (Wildman–Crippen LogP) is 5.59. The van der Waals surface area contributed by atoms with Crippen molar-refractivity contribution in [2.24, 2.45) is 0 Å². The third-order valence-electron chi connectivity index (χ3n) is 7.05. The van der Waals surface area contributed by atoms with Crippen LogP contribution in [-0.4, -0.2) is 48.1 Å². The van der Waals surface area contributed by atoms with E-state index in [1.54, 1.807) is 6.07 Å². The van der Waals surface area contributed by atoms with Gasteiger partial charge in [0.15, 0.2) is 0 Å². The molecule has 1 aliphatic carbocycles. The van der Waals surface area contributed by atoms with Crippen LogP contribution in [0.4, 0.5) is 36.8 Å². The molecule has 2 amide bonds. The lowest BCUT2D eigenvalue weighted by atomic mass is 9.70. The van der Waals surface area contributed by atoms with Crippen LogP contribution in [0, 0.1) is 6.92 Å². The molecule has 1 aromatic carbocycles. The van der Waals surface area contributed by atoms with Crippen molar-refractivity contribution in [2.75, 3.05) is 25.5 Å². The quantitative estimate of drug-likeness (QED) is 0.559. The molecule has 1 aliphatic heterocycles. The van der Waals surface area contributed by atoms with Gasteiger partial charge in [0, 0.05) is 6.04 Å². The fraction of sp³-hybridized carbons (Fsp3) is 0.500. The summed E-state index contributed by atoms with van der Waals surface area (Å²) in [5.74, 6) is -0.168. The number of benzene rings is 1. The lowest BCUT2D eigenvalue weighted by Crippen LogP contribution is -2.54. The first-order chi connectivity index (χ1) is 16.2. The van der Waals surface area contributed by atoms with E-state index < -0.39 is 35.2 Å². The summed E-state index contributed by atoms with van der Waals surface area (Å²) in [6, 6.07) is 5.69. The molecule has 190 valence electrons. The lowest BCUT2D eigenvalue weighted by molar-refractivity contribution is -0.141. The van der Waals surface area contributed by atoms with Crippen LogP contribution in [0.15, 0.2) is 36.5 Å². The van der Waals surface area contributed by atoms with Gasteiger partial charge in [0.1, 0.15) is 5.69 Å². The molecular formula is C24H26F6N4O. The van der Waals surface area contributed by atoms with Crippen molar-refractivity contribution in [3.8, 4) is 0 Å². The fourth-order valence-corrected chi connectivity index (χ4v) is 5.29. The normalized spacial score (nSPS) is 25.4. The van der Waals surface area contributed by atoms with E-state index in [9.17, 15) is 31.1 Å². The first-order valence-corrected chi connectivity index (χ1v) is 11.2. The molecular weight excluding hydrogens is 474 g/mol. The lowest BCUT2D eigenvalue weighted by Gasteiger charge is -2.45. The van der Waals surface area contributed by atoms with Gasteiger partial charge in [0.25, 0.3) is 0 Å². The molecule has 3 unspecified atom stereocenters. The summed E-state index contributed by atoms with van der Waals surface area (Å²) in [7, 11) is 3.70. The van der Waals surface area contributed by atoms with Crippen molar-refractivity contribution < 1.29 is 31.1 Å². The minimum absolute atomic E-state index is 0.153. The molecule has 1 saturated heterocycles. The van der Waals surface area contributed by atoms with Crippen molar-refractivity contribution in [3.05, 3.63) is 58.9 Å². The van der Waals surface area contributed by atoms with E-state index in [4.69, 9.17) is 0 Å². The number of hydrogen-bond acceptors (Lipinski definition) is 3. The number of nitrogens with zero attached hydrogens (tertiary/aromatic N) is 3. The summed E-state index contributed by atoms with van der Waals surface area (Å²) in [4.78, 5) is 19.7. The Morgan fingerprint density at radius 2 is 1.83 bits per heavy atom. The van der Waals surface area contributed by atoms with E-state index in [0.717, 1.165) is 18.3 Å². The van der Waals surface area contributed by atoms with E-state index in [-0.39, 0.29) is 24.1 Å². The van der Waals surface area contributed by atoms with Gasteiger partial charge >= 0.3 is 18.4 Å². The topological polar surface area (TPSA) is 48.5 Å². The number of aryl methyl sites for hydroxylation is 1. The third-order valence-corrected chi connectivity index (χ3v) is 7.05. The number of alkyl halides is 6. The van der Waals surface area contributed by atoms with Crippen molar-refractivity contribution in [2.45, 2.75) is 56.0 Å². The van der Waals surface area contributed by atoms with Crippen LogP contribution >= 0.6 is 0 Å². The third kappa shape index (κ3) is 4.96. The number of likely N-dealkylation sites (N-methyl/N-ethyl adjacent to an activating group) is 1. The smallest absolute Gasteiger partial charge is 0.330 e. The van der Waals surface area contributed by atoms with Crippen LogP contribution in [0.2, 0.25) is 0 Å². The van der Waals surface area contributed by atoms with E-state index in [2.05, 4.69) is 10.3 Å². The van der Waals surface area contributed by atoms with E-state index in [1.165, 1.54) is 24.0 Å². The van der Waals surface area contributed by atoms with Crippen molar-refractivity contribution in [1.82, 2.24) is 15.2 Å². The summed E-state index contributed by atoms with van der Waals surface area (Å²) >= 11 is 0. The number of urea groups is 1. The van der Waals surface area contributed by atoms with Gasteiger partial charge in [-0.25, -0.2) is 9.78 Å². The SMILES string of the molecule is Cc1cc(C(F)(F)F)ncc1N1CC2(CCC(c3cccc(C(F)(F)F)c3)C(N(C)C)C2)NC1=O. The first kappa shape index (κ1) is 25.3. The molecule has 2 aliphatic rings. The van der Waals surface area contributed by atoms with Crippen LogP contribution in [0.3, 0.4) is 0 Å². The predicted molar refractivity (Wildman–Crippen MR) is 118 cm³/mol. The Bertz CT molecular complexity index is 1120. The van der Waals surface area contributed by atoms with Gasteiger partial charge in [0.2, 0.25) is 0 Å². The zero-order chi connectivity index (χ0) is 25.8. The molecule has 1 spiro atoms. The number of aromatic nitrogens is 1. The molecule has 2 aromatic rings. The minimum Gasteiger partial charge on any atom is -0.330 e. The number of anilines is 1. The number of halogens is 6. The van der Waals surface area contributed by atoms with Crippen molar-refractivity contribution in [3.63, 3.8) is 0 Å². The number of amides is 2. The number of nitrogens with one attached hydrogen (secondary N) is 1. The highest BCUT2D eigenvalue weighted by Crippen LogP contribution is 2.44. The number of pyridine rings is 1. The highest BCUT2D eigenvalue weighted by molar-refractivity contribution is 5.96. The Morgan fingerprint density at radius 3 is 2.43 bits per heavy atom. The zero-order valence-electron chi connectivity index (χ0n) is 19.5. The highest BCUT2D eigenvalue weighted by Gasteiger charge is 2.49. The number of carbonyl (C=O) groups is 1. The molecule has 4 rings (SSSR count). The molecule has 11 heteroatoms. The maximum absolute atomic E-state index is 13.3. The summed E-state index contributed by atoms with van der Waals surface area (Å²) in [5.41, 5.74) is -1.20. The molecule has 1 N–H and O–H groups in total. The van der Waals surface area contributed by atoms with Gasteiger partial charge in [-0.2, -0.15) is 26.3 Å². The molecule has 2 heterocycles. The van der Waals surface area contributed by atoms with Gasteiger partial charge in [-0.1, -0.05) is 18.2 Å². The molecule has 2 fully saturated rings. The standard InChI is InChI=1S/C24H26F6N4O/c1-14-9-20(24(28,29)30)31-12-19(14)34-13-22(32-21(34)35)8-7-17(18(11-22)33(2)3)15-5-4-6-16(10-15)23(25,26)27/h4-6,9-10,12,17-18H,7-8,11,13H2,1-3H3,(H,32,35). The van der Waals surface area contributed by atoms with E-state index in [0.29, 0.717) is 30.5 Å². The molecule has 0 radical (unpaired) electrons. The number of hydrogen-bond donors (Lipinski definition) is 1. The molecule has 35 heavy (non-hydrogen) atoms. The molecule has 3 atom stereocenters. The maximum atomic E-state index is 13.3. The van der Waals surface area contributed by atoms with Crippen LogP contribution < -0.4 is 10.2 Å².